The maximum absolute atomic E-state index is 15.0. The van der Waals surface area contributed by atoms with Crippen LogP contribution in [0.3, 0.4) is 0 Å². The average Bonchev–Trinajstić information content (AvgIpc) is 4.03. The van der Waals surface area contributed by atoms with Crippen LogP contribution >= 0.6 is 0 Å². The van der Waals surface area contributed by atoms with Gasteiger partial charge in [0, 0.05) is 43.7 Å². The minimum Gasteiger partial charge on any atom is -0.340 e. The van der Waals surface area contributed by atoms with Gasteiger partial charge in [-0.3, -0.25) is 9.59 Å². The SMILES string of the molecule is CC1NC(C2CC2)C=C1c1cc(F)cc(C2(CCC(=O)c3ccccc3CNC(=O)C(=O)[N+]3=C[C@@]3(C)C#Cc3ncccc3C(F)(F)F)CC2)c1. The molecule has 262 valence electrons. The van der Waals surface area contributed by atoms with Gasteiger partial charge in [0.2, 0.25) is 6.21 Å². The molecule has 3 atom stereocenters. The van der Waals surface area contributed by atoms with Gasteiger partial charge in [-0.2, -0.15) is 13.2 Å². The fourth-order valence-electron chi connectivity index (χ4n) is 7.03. The summed E-state index contributed by atoms with van der Waals surface area (Å²) in [5.74, 6) is 3.37. The standard InChI is InChI=1S/C40H36F4N4O3/c1-24-31(21-34(47-24)25-9-10-25)27-18-28(20-29(41)19-27)39(15-16-39)14-12-35(49)30-7-4-3-6-26(30)22-46-36(50)37(51)48-23-38(48,2)13-11-33-32(40(42,43)44)8-5-17-45-33/h3-8,17-21,23-25,34,47H,9-10,12,14-16,22H2,1-2H3/p+1/t24?,34?,38-/m1/s1. The summed E-state index contributed by atoms with van der Waals surface area (Å²) in [7, 11) is 0. The molecule has 0 radical (unpaired) electrons. The molecule has 2 saturated carbocycles. The Balaban J connectivity index is 0.969. The van der Waals surface area contributed by atoms with Crippen molar-refractivity contribution in [3.8, 4) is 11.8 Å². The van der Waals surface area contributed by atoms with Crippen molar-refractivity contribution < 1.29 is 36.5 Å². The van der Waals surface area contributed by atoms with Crippen LogP contribution < -0.4 is 10.6 Å². The first-order valence-electron chi connectivity index (χ1n) is 17.2. The second-order valence-corrected chi connectivity index (χ2v) is 14.2. The number of rotatable bonds is 9. The van der Waals surface area contributed by atoms with E-state index in [1.807, 2.05) is 0 Å². The Hall–Kier alpha value is -4.95. The van der Waals surface area contributed by atoms with Crippen LogP contribution in [0.25, 0.3) is 5.57 Å². The smallest absolute Gasteiger partial charge is 0.340 e. The first-order valence-corrected chi connectivity index (χ1v) is 17.2. The molecule has 2 aromatic carbocycles. The Morgan fingerprint density at radius 3 is 2.57 bits per heavy atom. The minimum atomic E-state index is -4.65. The number of hydrogen-bond acceptors (Lipinski definition) is 5. The third kappa shape index (κ3) is 7.29. The maximum atomic E-state index is 15.0. The van der Waals surface area contributed by atoms with Crippen molar-refractivity contribution in [2.45, 2.75) is 88.1 Å². The summed E-state index contributed by atoms with van der Waals surface area (Å²) in [6.45, 7) is 3.52. The van der Waals surface area contributed by atoms with E-state index in [2.05, 4.69) is 46.5 Å². The van der Waals surface area contributed by atoms with Gasteiger partial charge in [-0.15, -0.1) is 4.58 Å². The lowest BCUT2D eigenvalue weighted by Crippen LogP contribution is -2.37. The summed E-state index contributed by atoms with van der Waals surface area (Å²) in [6, 6.07) is 14.6. The molecule has 11 heteroatoms. The fourth-order valence-corrected chi connectivity index (χ4v) is 7.03. The fraction of sp³-hybridized carbons (Fsp3) is 0.375. The molecule has 2 aliphatic carbocycles. The van der Waals surface area contributed by atoms with Gasteiger partial charge in [-0.25, -0.2) is 14.2 Å². The van der Waals surface area contributed by atoms with E-state index in [1.54, 1.807) is 36.4 Å². The quantitative estimate of drug-likeness (QED) is 0.0923. The molecule has 0 saturated heterocycles. The van der Waals surface area contributed by atoms with Crippen molar-refractivity contribution in [3.05, 3.63) is 106 Å². The Labute approximate surface area is 293 Å². The maximum Gasteiger partial charge on any atom is 0.478 e. The zero-order chi connectivity index (χ0) is 36.1. The number of aromatic nitrogens is 1. The number of carbonyl (C=O) groups is 3. The number of carbonyl (C=O) groups excluding carboxylic acids is 3. The van der Waals surface area contributed by atoms with Gasteiger partial charge < -0.3 is 10.6 Å². The van der Waals surface area contributed by atoms with Gasteiger partial charge in [-0.05, 0) is 109 Å². The summed E-state index contributed by atoms with van der Waals surface area (Å²) < 4.78 is 56.0. The van der Waals surface area contributed by atoms with Crippen LogP contribution in [0.15, 0.2) is 66.9 Å². The number of nitrogens with zero attached hydrogens (tertiary/aromatic N) is 2. The molecule has 2 unspecified atom stereocenters. The van der Waals surface area contributed by atoms with Crippen molar-refractivity contribution >= 4 is 29.4 Å². The molecule has 0 spiro atoms. The highest BCUT2D eigenvalue weighted by Gasteiger charge is 2.57. The normalized spacial score (nSPS) is 23.0. The molecular weight excluding hydrogens is 660 g/mol. The summed E-state index contributed by atoms with van der Waals surface area (Å²) >= 11 is 0. The summed E-state index contributed by atoms with van der Waals surface area (Å²) in [5, 5.41) is 6.19. The van der Waals surface area contributed by atoms with Gasteiger partial charge >= 0.3 is 23.5 Å². The van der Waals surface area contributed by atoms with Crippen LogP contribution in [-0.2, 0) is 27.7 Å². The van der Waals surface area contributed by atoms with Gasteiger partial charge in [0.15, 0.2) is 5.78 Å². The molecule has 4 aliphatic rings. The van der Waals surface area contributed by atoms with Crippen molar-refractivity contribution in [1.82, 2.24) is 15.6 Å². The summed E-state index contributed by atoms with van der Waals surface area (Å²) in [6.07, 6.45) is 5.08. The van der Waals surface area contributed by atoms with Crippen LogP contribution in [0.4, 0.5) is 17.6 Å². The van der Waals surface area contributed by atoms with E-state index < -0.39 is 34.8 Å². The minimum absolute atomic E-state index is 0.0901. The lowest BCUT2D eigenvalue weighted by molar-refractivity contribution is -0.405. The first-order chi connectivity index (χ1) is 24.3. The lowest BCUT2D eigenvalue weighted by atomic mass is 9.86. The Kier molecular flexibility index (Phi) is 8.78. The van der Waals surface area contributed by atoms with E-state index in [9.17, 15) is 31.9 Å². The van der Waals surface area contributed by atoms with E-state index in [1.165, 1.54) is 32.2 Å². The highest BCUT2D eigenvalue weighted by atomic mass is 19.4. The third-order valence-electron chi connectivity index (χ3n) is 10.5. The third-order valence-corrected chi connectivity index (χ3v) is 10.5. The second-order valence-electron chi connectivity index (χ2n) is 14.2. The molecule has 2 N–H and O–H groups in total. The number of nitrogens with one attached hydrogen (secondary N) is 2. The van der Waals surface area contributed by atoms with E-state index in [0.29, 0.717) is 29.5 Å². The molecule has 7 rings (SSSR count). The molecule has 51 heavy (non-hydrogen) atoms. The Bertz CT molecular complexity index is 2070. The number of benzene rings is 2. The molecule has 2 aliphatic heterocycles. The number of pyridine rings is 1. The van der Waals surface area contributed by atoms with Crippen LogP contribution in [0, 0.1) is 23.6 Å². The molecule has 1 aromatic heterocycles. The molecular formula is C40H37F4N4O3+. The first kappa shape index (κ1) is 34.5. The number of alkyl halides is 3. The van der Waals surface area contributed by atoms with Crippen LogP contribution in [0.2, 0.25) is 0 Å². The number of hydrogen-bond donors (Lipinski definition) is 2. The van der Waals surface area contributed by atoms with E-state index >= 15 is 0 Å². The second kappa shape index (κ2) is 13.0. The number of ketones is 1. The number of amides is 2. The topological polar surface area (TPSA) is 91.2 Å². The summed E-state index contributed by atoms with van der Waals surface area (Å²) in [5.41, 5.74) is 0.888. The average molecular weight is 698 g/mol. The predicted molar refractivity (Wildman–Crippen MR) is 182 cm³/mol. The summed E-state index contributed by atoms with van der Waals surface area (Å²) in [4.78, 5) is 42.9. The van der Waals surface area contributed by atoms with Gasteiger partial charge in [-0.1, -0.05) is 36.4 Å². The number of Topliss-reactive ketones (excluding diaryl/α,β-unsaturated/α-hetero) is 1. The zero-order valence-corrected chi connectivity index (χ0v) is 28.2. The predicted octanol–water partition coefficient (Wildman–Crippen LogP) is 6.14. The van der Waals surface area contributed by atoms with Crippen LogP contribution in [-0.4, -0.2) is 51.0 Å². The molecule has 0 bridgehead atoms. The van der Waals surface area contributed by atoms with Crippen molar-refractivity contribution in [1.29, 1.82) is 0 Å². The van der Waals surface area contributed by atoms with Gasteiger partial charge in [0.1, 0.15) is 11.5 Å². The highest BCUT2D eigenvalue weighted by Crippen LogP contribution is 2.53. The van der Waals surface area contributed by atoms with Crippen molar-refractivity contribution in [3.63, 3.8) is 0 Å². The molecule has 3 aromatic rings. The van der Waals surface area contributed by atoms with E-state index in [0.717, 1.165) is 46.2 Å². The van der Waals surface area contributed by atoms with Crippen LogP contribution in [0.1, 0.15) is 90.7 Å². The molecule has 3 heterocycles. The monoisotopic (exact) mass is 697 g/mol. The van der Waals surface area contributed by atoms with Crippen molar-refractivity contribution in [2.75, 3.05) is 0 Å². The Morgan fingerprint density at radius 2 is 1.84 bits per heavy atom. The highest BCUT2D eigenvalue weighted by molar-refractivity contribution is 6.33. The van der Waals surface area contributed by atoms with Crippen LogP contribution in [0.5, 0.6) is 0 Å². The molecule has 7 nitrogen and oxygen atoms in total. The van der Waals surface area contributed by atoms with E-state index in [4.69, 9.17) is 0 Å². The lowest BCUT2D eigenvalue weighted by Gasteiger charge is -2.19. The van der Waals surface area contributed by atoms with Gasteiger partial charge in [0.25, 0.3) is 0 Å². The molecule has 2 fully saturated rings. The Morgan fingerprint density at radius 1 is 1.08 bits per heavy atom. The van der Waals surface area contributed by atoms with E-state index in [-0.39, 0.29) is 36.0 Å². The zero-order valence-electron chi connectivity index (χ0n) is 28.2. The molecule has 2 amide bonds. The largest absolute Gasteiger partial charge is 0.478 e. The number of halogens is 4. The van der Waals surface area contributed by atoms with Gasteiger partial charge in [0.05, 0.1) is 5.56 Å². The van der Waals surface area contributed by atoms with Crippen molar-refractivity contribution in [2.24, 2.45) is 5.92 Å².